The topological polar surface area (TPSA) is 52.3 Å². The van der Waals surface area contributed by atoms with Crippen molar-refractivity contribution in [3.8, 4) is 0 Å². The van der Waals surface area contributed by atoms with Crippen molar-refractivity contribution in [1.82, 2.24) is 0 Å². The summed E-state index contributed by atoms with van der Waals surface area (Å²) in [5.41, 5.74) is 6.89. The monoisotopic (exact) mass is 169 g/mol. The molecular formula is C9H15NO2. The van der Waals surface area contributed by atoms with Crippen LogP contribution in [0.15, 0.2) is 11.6 Å². The van der Waals surface area contributed by atoms with Gasteiger partial charge in [-0.2, -0.15) is 0 Å². The van der Waals surface area contributed by atoms with Crippen molar-refractivity contribution in [2.45, 2.75) is 31.7 Å². The molecule has 0 amide bonds. The van der Waals surface area contributed by atoms with Gasteiger partial charge in [-0.3, -0.25) is 4.79 Å². The van der Waals surface area contributed by atoms with Crippen LogP contribution in [-0.2, 0) is 9.53 Å². The number of ether oxygens (including phenoxy) is 1. The summed E-state index contributed by atoms with van der Waals surface area (Å²) < 4.78 is 4.53. The lowest BCUT2D eigenvalue weighted by atomic mass is 10.1. The lowest BCUT2D eigenvalue weighted by molar-refractivity contribution is -0.142. The molecule has 0 saturated heterocycles. The van der Waals surface area contributed by atoms with Gasteiger partial charge in [-0.1, -0.05) is 11.6 Å². The molecule has 0 saturated carbocycles. The molecule has 2 N–H and O–H groups in total. The zero-order valence-electron chi connectivity index (χ0n) is 7.38. The molecule has 0 spiro atoms. The molecule has 1 aliphatic rings. The first-order valence-electron chi connectivity index (χ1n) is 4.25. The van der Waals surface area contributed by atoms with Crippen molar-refractivity contribution >= 4 is 5.97 Å². The van der Waals surface area contributed by atoms with Gasteiger partial charge in [0.25, 0.3) is 0 Å². The summed E-state index contributed by atoms with van der Waals surface area (Å²) in [6, 6.07) is -0.473. The van der Waals surface area contributed by atoms with Crippen molar-refractivity contribution < 1.29 is 9.53 Å². The van der Waals surface area contributed by atoms with Crippen LogP contribution in [0.3, 0.4) is 0 Å². The molecule has 1 unspecified atom stereocenters. The van der Waals surface area contributed by atoms with Gasteiger partial charge in [0.1, 0.15) is 6.04 Å². The highest BCUT2D eigenvalue weighted by Gasteiger charge is 2.16. The van der Waals surface area contributed by atoms with Crippen LogP contribution in [0, 0.1) is 0 Å². The minimum absolute atomic E-state index is 0.317. The minimum Gasteiger partial charge on any atom is -0.468 e. The molecule has 3 nitrogen and oxygen atoms in total. The van der Waals surface area contributed by atoms with Crippen LogP contribution in [-0.4, -0.2) is 19.1 Å². The van der Waals surface area contributed by atoms with Crippen LogP contribution in [0.5, 0.6) is 0 Å². The number of nitrogens with two attached hydrogens (primary N) is 1. The van der Waals surface area contributed by atoms with Crippen molar-refractivity contribution in [1.29, 1.82) is 0 Å². The maximum Gasteiger partial charge on any atom is 0.322 e. The summed E-state index contributed by atoms with van der Waals surface area (Å²) in [4.78, 5) is 10.9. The number of allylic oxidation sites excluding steroid dienone is 1. The molecule has 0 aromatic rings. The summed E-state index contributed by atoms with van der Waals surface area (Å²) in [5, 5.41) is 0. The second-order valence-corrected chi connectivity index (χ2v) is 3.09. The number of esters is 1. The highest BCUT2D eigenvalue weighted by molar-refractivity contribution is 5.75. The van der Waals surface area contributed by atoms with E-state index in [1.54, 1.807) is 0 Å². The molecule has 1 atom stereocenters. The van der Waals surface area contributed by atoms with Gasteiger partial charge in [0.15, 0.2) is 0 Å². The van der Waals surface area contributed by atoms with E-state index in [1.807, 2.05) is 0 Å². The lowest BCUT2D eigenvalue weighted by Gasteiger charge is -2.08. The lowest BCUT2D eigenvalue weighted by Crippen LogP contribution is -2.31. The molecule has 3 heteroatoms. The van der Waals surface area contributed by atoms with Gasteiger partial charge in [-0.25, -0.2) is 0 Å². The van der Waals surface area contributed by atoms with E-state index in [0.717, 1.165) is 12.8 Å². The first-order valence-corrected chi connectivity index (χ1v) is 4.25. The first kappa shape index (κ1) is 9.26. The van der Waals surface area contributed by atoms with E-state index in [0.29, 0.717) is 6.42 Å². The predicted octanol–water partition coefficient (Wildman–Crippen LogP) is 0.987. The van der Waals surface area contributed by atoms with Crippen molar-refractivity contribution in [2.24, 2.45) is 5.73 Å². The van der Waals surface area contributed by atoms with Gasteiger partial charge in [0.05, 0.1) is 7.11 Å². The van der Waals surface area contributed by atoms with E-state index in [9.17, 15) is 4.79 Å². The number of methoxy groups -OCH3 is 1. The maximum atomic E-state index is 10.9. The third kappa shape index (κ3) is 2.34. The summed E-state index contributed by atoms with van der Waals surface area (Å²) in [7, 11) is 1.37. The average Bonchev–Trinajstić information content (AvgIpc) is 2.55. The smallest absolute Gasteiger partial charge is 0.322 e. The SMILES string of the molecule is COC(=O)C(N)CC1=CCCC1. The molecule has 68 valence electrons. The number of hydrogen-bond donors (Lipinski definition) is 1. The Labute approximate surface area is 72.6 Å². The van der Waals surface area contributed by atoms with E-state index in [-0.39, 0.29) is 5.97 Å². The second kappa shape index (κ2) is 4.26. The van der Waals surface area contributed by atoms with E-state index < -0.39 is 6.04 Å². The first-order chi connectivity index (χ1) is 5.74. The van der Waals surface area contributed by atoms with Gasteiger partial charge in [-0.15, -0.1) is 0 Å². The fraction of sp³-hybridized carbons (Fsp3) is 0.667. The van der Waals surface area contributed by atoms with Gasteiger partial charge < -0.3 is 10.5 Å². The average molecular weight is 169 g/mol. The third-order valence-electron chi connectivity index (χ3n) is 2.12. The molecule has 0 aromatic carbocycles. The number of rotatable bonds is 3. The molecule has 0 radical (unpaired) electrons. The number of hydrogen-bond acceptors (Lipinski definition) is 3. The Balaban J connectivity index is 2.34. The molecule has 0 aromatic heterocycles. The van der Waals surface area contributed by atoms with Gasteiger partial charge in [-0.05, 0) is 25.7 Å². The summed E-state index contributed by atoms with van der Waals surface area (Å²) in [5.74, 6) is -0.317. The van der Waals surface area contributed by atoms with Gasteiger partial charge in [0, 0.05) is 0 Å². The summed E-state index contributed by atoms with van der Waals surface area (Å²) in [6.07, 6.45) is 6.24. The molecule has 0 bridgehead atoms. The zero-order chi connectivity index (χ0) is 8.97. The molecular weight excluding hydrogens is 154 g/mol. The van der Waals surface area contributed by atoms with Gasteiger partial charge in [0.2, 0.25) is 0 Å². The molecule has 0 heterocycles. The Hall–Kier alpha value is -0.830. The van der Waals surface area contributed by atoms with Gasteiger partial charge >= 0.3 is 5.97 Å². The fourth-order valence-corrected chi connectivity index (χ4v) is 1.44. The maximum absolute atomic E-state index is 10.9. The Bertz CT molecular complexity index is 199. The zero-order valence-corrected chi connectivity index (χ0v) is 7.38. The van der Waals surface area contributed by atoms with E-state index in [4.69, 9.17) is 5.73 Å². The van der Waals surface area contributed by atoms with Crippen LogP contribution < -0.4 is 5.73 Å². The third-order valence-corrected chi connectivity index (χ3v) is 2.12. The molecule has 0 fully saturated rings. The van der Waals surface area contributed by atoms with Crippen LogP contribution in [0.2, 0.25) is 0 Å². The largest absolute Gasteiger partial charge is 0.468 e. The second-order valence-electron chi connectivity index (χ2n) is 3.09. The van der Waals surface area contributed by atoms with Crippen LogP contribution in [0.25, 0.3) is 0 Å². The van der Waals surface area contributed by atoms with Crippen LogP contribution in [0.1, 0.15) is 25.7 Å². The van der Waals surface area contributed by atoms with E-state index >= 15 is 0 Å². The van der Waals surface area contributed by atoms with E-state index in [2.05, 4.69) is 10.8 Å². The predicted molar refractivity (Wildman–Crippen MR) is 46.5 cm³/mol. The Kier molecular flexibility index (Phi) is 3.29. The fourth-order valence-electron chi connectivity index (χ4n) is 1.44. The molecule has 12 heavy (non-hydrogen) atoms. The normalized spacial score (nSPS) is 18.7. The Morgan fingerprint density at radius 1 is 1.83 bits per heavy atom. The quantitative estimate of drug-likeness (QED) is 0.506. The molecule has 0 aliphatic heterocycles. The van der Waals surface area contributed by atoms with Crippen LogP contribution in [0.4, 0.5) is 0 Å². The minimum atomic E-state index is -0.473. The van der Waals surface area contributed by atoms with Crippen molar-refractivity contribution in [2.75, 3.05) is 7.11 Å². The Morgan fingerprint density at radius 2 is 2.58 bits per heavy atom. The summed E-state index contributed by atoms with van der Waals surface area (Å²) in [6.45, 7) is 0. The number of carbonyl (C=O) groups excluding carboxylic acids is 1. The highest BCUT2D eigenvalue weighted by Crippen LogP contribution is 2.21. The molecule has 1 rings (SSSR count). The number of carbonyl (C=O) groups is 1. The highest BCUT2D eigenvalue weighted by atomic mass is 16.5. The van der Waals surface area contributed by atoms with Crippen molar-refractivity contribution in [3.05, 3.63) is 11.6 Å². The van der Waals surface area contributed by atoms with Crippen molar-refractivity contribution in [3.63, 3.8) is 0 Å². The molecule has 1 aliphatic carbocycles. The van der Waals surface area contributed by atoms with E-state index in [1.165, 1.54) is 19.1 Å². The van der Waals surface area contributed by atoms with Crippen LogP contribution >= 0.6 is 0 Å². The standard InChI is InChI=1S/C9H15NO2/c1-12-9(11)8(10)6-7-4-2-3-5-7/h4,8H,2-3,5-6,10H2,1H3. The summed E-state index contributed by atoms with van der Waals surface area (Å²) >= 11 is 0. The Morgan fingerprint density at radius 3 is 3.08 bits per heavy atom.